The molecule has 0 spiro atoms. The van der Waals surface area contributed by atoms with Crippen molar-refractivity contribution in [2.75, 3.05) is 0 Å². The minimum absolute atomic E-state index is 0.188. The van der Waals surface area contributed by atoms with E-state index in [0.717, 1.165) is 11.1 Å². The van der Waals surface area contributed by atoms with Crippen LogP contribution < -0.4 is 0 Å². The van der Waals surface area contributed by atoms with E-state index in [-0.39, 0.29) is 11.6 Å². The summed E-state index contributed by atoms with van der Waals surface area (Å²) in [6.07, 6.45) is 6.57. The van der Waals surface area contributed by atoms with Crippen LogP contribution in [0.3, 0.4) is 0 Å². The molecule has 2 aromatic carbocycles. The maximum absolute atomic E-state index is 14.6. The Morgan fingerprint density at radius 3 is 2.32 bits per heavy atom. The van der Waals surface area contributed by atoms with Crippen molar-refractivity contribution < 1.29 is 8.78 Å². The van der Waals surface area contributed by atoms with E-state index in [1.807, 2.05) is 6.07 Å². The highest BCUT2D eigenvalue weighted by Gasteiger charge is 2.23. The van der Waals surface area contributed by atoms with Crippen LogP contribution in [-0.2, 0) is 0 Å². The van der Waals surface area contributed by atoms with Crippen LogP contribution >= 0.6 is 0 Å². The zero-order valence-electron chi connectivity index (χ0n) is 15.1. The molecule has 1 aliphatic rings. The number of hydrogen-bond donors (Lipinski definition) is 0. The zero-order chi connectivity index (χ0) is 17.6. The van der Waals surface area contributed by atoms with Crippen molar-refractivity contribution in [1.29, 1.82) is 0 Å². The van der Waals surface area contributed by atoms with E-state index in [4.69, 9.17) is 0 Å². The summed E-state index contributed by atoms with van der Waals surface area (Å²) in [5, 5.41) is 0. The molecule has 0 unspecified atom stereocenters. The van der Waals surface area contributed by atoms with Crippen molar-refractivity contribution in [2.45, 2.75) is 63.1 Å². The third-order valence-corrected chi connectivity index (χ3v) is 9.21. The summed E-state index contributed by atoms with van der Waals surface area (Å²) in [5.74, 6) is 0.0405. The normalized spacial score (nSPS) is 20.6. The average Bonchev–Trinajstić information content (AvgIpc) is 2.63. The van der Waals surface area contributed by atoms with E-state index in [1.54, 1.807) is 18.2 Å². The molecule has 2 aromatic rings. The molecule has 0 amide bonds. The lowest BCUT2D eigenvalue weighted by atomic mass is 9.91. The molecule has 25 heavy (non-hydrogen) atoms. The number of benzene rings is 2. The fourth-order valence-electron chi connectivity index (χ4n) is 4.12. The Labute approximate surface area is 151 Å². The number of hydrogen-bond acceptors (Lipinski definition) is 0. The van der Waals surface area contributed by atoms with Gasteiger partial charge in [0.05, 0.1) is 0 Å². The standard InChI is InChI=1S/C22H28F2Si/c1-2-3-4-13-25-14-11-17(12-15-25)19-7-10-21(22(24)16-19)18-5-8-20(23)9-6-18/h5-10,16-17,25H,2-4,11-15H2,1H3. The molecule has 0 aliphatic carbocycles. The Hall–Kier alpha value is -1.48. The van der Waals surface area contributed by atoms with Crippen molar-refractivity contribution in [1.82, 2.24) is 0 Å². The summed E-state index contributed by atoms with van der Waals surface area (Å²) >= 11 is 0. The van der Waals surface area contributed by atoms with E-state index in [0.29, 0.717) is 11.5 Å². The van der Waals surface area contributed by atoms with Gasteiger partial charge >= 0.3 is 0 Å². The molecule has 1 aliphatic heterocycles. The van der Waals surface area contributed by atoms with Gasteiger partial charge in [0.25, 0.3) is 0 Å². The summed E-state index contributed by atoms with van der Waals surface area (Å²) in [5.41, 5.74) is 2.44. The molecule has 1 heterocycles. The lowest BCUT2D eigenvalue weighted by Crippen LogP contribution is -2.20. The number of unbranched alkanes of at least 4 members (excludes halogenated alkanes) is 2. The third kappa shape index (κ3) is 4.78. The van der Waals surface area contributed by atoms with Crippen LogP contribution in [-0.4, -0.2) is 8.80 Å². The highest BCUT2D eigenvalue weighted by atomic mass is 28.3. The second-order valence-corrected chi connectivity index (χ2v) is 10.9. The van der Waals surface area contributed by atoms with Crippen LogP contribution in [0.15, 0.2) is 42.5 Å². The van der Waals surface area contributed by atoms with Gasteiger partial charge in [-0.3, -0.25) is 0 Å². The van der Waals surface area contributed by atoms with Gasteiger partial charge in [-0.2, -0.15) is 0 Å². The minimum Gasteiger partial charge on any atom is -0.207 e. The Balaban J connectivity index is 1.63. The van der Waals surface area contributed by atoms with E-state index in [2.05, 4.69) is 13.0 Å². The highest BCUT2D eigenvalue weighted by molar-refractivity contribution is 6.59. The number of rotatable bonds is 6. The molecule has 134 valence electrons. The Morgan fingerprint density at radius 2 is 1.68 bits per heavy atom. The lowest BCUT2D eigenvalue weighted by Gasteiger charge is -2.28. The zero-order valence-corrected chi connectivity index (χ0v) is 16.3. The summed E-state index contributed by atoms with van der Waals surface area (Å²) in [6, 6.07) is 16.0. The first-order valence-electron chi connectivity index (χ1n) is 9.72. The van der Waals surface area contributed by atoms with Crippen LogP contribution in [0.1, 0.15) is 50.5 Å². The molecule has 0 atom stereocenters. The molecule has 1 fully saturated rings. The highest BCUT2D eigenvalue weighted by Crippen LogP contribution is 2.36. The van der Waals surface area contributed by atoms with Gasteiger partial charge in [-0.25, -0.2) is 8.78 Å². The second-order valence-electron chi connectivity index (χ2n) is 7.46. The first kappa shape index (κ1) is 18.3. The molecular weight excluding hydrogens is 330 g/mol. The topological polar surface area (TPSA) is 0 Å². The van der Waals surface area contributed by atoms with Gasteiger partial charge in [-0.05, 0) is 48.1 Å². The lowest BCUT2D eigenvalue weighted by molar-refractivity contribution is 0.588. The first-order chi connectivity index (χ1) is 12.2. The monoisotopic (exact) mass is 358 g/mol. The molecule has 0 bridgehead atoms. The van der Waals surface area contributed by atoms with Crippen molar-refractivity contribution in [3.63, 3.8) is 0 Å². The van der Waals surface area contributed by atoms with Crippen LogP contribution in [0.4, 0.5) is 8.78 Å². The van der Waals surface area contributed by atoms with Crippen molar-refractivity contribution in [3.8, 4) is 11.1 Å². The Kier molecular flexibility index (Phi) is 6.41. The fourth-order valence-corrected chi connectivity index (χ4v) is 7.60. The predicted molar refractivity (Wildman–Crippen MR) is 105 cm³/mol. The summed E-state index contributed by atoms with van der Waals surface area (Å²) in [7, 11) is -0.525. The molecule has 0 saturated carbocycles. The Bertz CT molecular complexity index is 673. The largest absolute Gasteiger partial charge is 0.207 e. The fraction of sp³-hybridized carbons (Fsp3) is 0.455. The van der Waals surface area contributed by atoms with E-state index in [9.17, 15) is 8.78 Å². The molecule has 0 N–H and O–H groups in total. The van der Waals surface area contributed by atoms with E-state index >= 15 is 0 Å². The summed E-state index contributed by atoms with van der Waals surface area (Å²) in [4.78, 5) is 0. The van der Waals surface area contributed by atoms with Gasteiger partial charge in [0, 0.05) is 14.4 Å². The van der Waals surface area contributed by atoms with Crippen LogP contribution in [0.25, 0.3) is 11.1 Å². The SMILES string of the molecule is CCCCC[SiH]1CCC(c2ccc(-c3ccc(F)cc3)c(F)c2)CC1. The molecule has 0 nitrogen and oxygen atoms in total. The van der Waals surface area contributed by atoms with Crippen LogP contribution in [0.5, 0.6) is 0 Å². The van der Waals surface area contributed by atoms with E-state index in [1.165, 1.54) is 62.4 Å². The van der Waals surface area contributed by atoms with E-state index < -0.39 is 8.80 Å². The van der Waals surface area contributed by atoms with Gasteiger partial charge in [-0.1, -0.05) is 68.6 Å². The molecule has 3 rings (SSSR count). The smallest absolute Gasteiger partial charge is 0.131 e. The molecule has 3 heteroatoms. The van der Waals surface area contributed by atoms with Crippen LogP contribution in [0, 0.1) is 11.6 Å². The van der Waals surface area contributed by atoms with Crippen molar-refractivity contribution >= 4 is 8.80 Å². The molecular formula is C22H28F2Si. The average molecular weight is 359 g/mol. The molecule has 1 saturated heterocycles. The molecule has 0 radical (unpaired) electrons. The van der Waals surface area contributed by atoms with Gasteiger partial charge < -0.3 is 0 Å². The second kappa shape index (κ2) is 8.75. The third-order valence-electron chi connectivity index (χ3n) is 5.68. The molecule has 0 aromatic heterocycles. The predicted octanol–water partition coefficient (Wildman–Crippen LogP) is 6.93. The first-order valence-corrected chi connectivity index (χ1v) is 12.2. The van der Waals surface area contributed by atoms with Gasteiger partial charge in [0.1, 0.15) is 11.6 Å². The maximum atomic E-state index is 14.6. The van der Waals surface area contributed by atoms with Crippen molar-refractivity contribution in [3.05, 3.63) is 59.7 Å². The summed E-state index contributed by atoms with van der Waals surface area (Å²) in [6.45, 7) is 2.27. The Morgan fingerprint density at radius 1 is 0.960 bits per heavy atom. The maximum Gasteiger partial charge on any atom is 0.131 e. The minimum atomic E-state index is -0.525. The quantitative estimate of drug-likeness (QED) is 0.388. The van der Waals surface area contributed by atoms with Gasteiger partial charge in [0.2, 0.25) is 0 Å². The van der Waals surface area contributed by atoms with Gasteiger partial charge in [0.15, 0.2) is 0 Å². The van der Waals surface area contributed by atoms with Gasteiger partial charge in [-0.15, -0.1) is 0 Å². The van der Waals surface area contributed by atoms with Crippen molar-refractivity contribution in [2.24, 2.45) is 0 Å². The number of halogens is 2. The summed E-state index contributed by atoms with van der Waals surface area (Å²) < 4.78 is 27.6. The van der Waals surface area contributed by atoms with Crippen LogP contribution in [0.2, 0.25) is 18.1 Å².